The largest absolute Gasteiger partial charge is 0.478 e. The topological polar surface area (TPSA) is 49.8 Å². The second-order valence-corrected chi connectivity index (χ2v) is 5.56. The summed E-state index contributed by atoms with van der Waals surface area (Å²) in [4.78, 5) is 13.4. The number of aromatic carboxylic acids is 1. The van der Waals surface area contributed by atoms with E-state index in [-0.39, 0.29) is 6.10 Å². The van der Waals surface area contributed by atoms with Crippen LogP contribution in [0.15, 0.2) is 22.7 Å². The van der Waals surface area contributed by atoms with Gasteiger partial charge in [-0.25, -0.2) is 4.79 Å². The van der Waals surface area contributed by atoms with Crippen molar-refractivity contribution in [3.8, 4) is 0 Å². The smallest absolute Gasteiger partial charge is 0.337 e. The predicted octanol–water partition coefficient (Wildman–Crippen LogP) is 3.15. The van der Waals surface area contributed by atoms with Crippen molar-refractivity contribution < 1.29 is 14.6 Å². The lowest BCUT2D eigenvalue weighted by Crippen LogP contribution is -2.33. The molecule has 2 rings (SSSR count). The number of carboxylic acid groups (broad SMARTS) is 1. The lowest BCUT2D eigenvalue weighted by molar-refractivity contribution is 0.0697. The van der Waals surface area contributed by atoms with E-state index >= 15 is 0 Å². The molecule has 0 radical (unpaired) electrons. The van der Waals surface area contributed by atoms with Crippen LogP contribution in [-0.2, 0) is 4.74 Å². The monoisotopic (exact) mass is 327 g/mol. The minimum absolute atomic E-state index is 0.209. The fraction of sp³-hybridized carbons (Fsp3) is 0.500. The van der Waals surface area contributed by atoms with Crippen LogP contribution >= 0.6 is 15.9 Å². The average Bonchev–Trinajstić information content (AvgIpc) is 2.88. The van der Waals surface area contributed by atoms with Crippen molar-refractivity contribution in [2.24, 2.45) is 0 Å². The molecule has 19 heavy (non-hydrogen) atoms. The maximum Gasteiger partial charge on any atom is 0.337 e. The molecule has 0 aromatic heterocycles. The van der Waals surface area contributed by atoms with E-state index in [2.05, 4.69) is 20.8 Å². The van der Waals surface area contributed by atoms with Crippen LogP contribution in [0.3, 0.4) is 0 Å². The summed E-state index contributed by atoms with van der Waals surface area (Å²) in [5.74, 6) is -0.895. The second-order valence-electron chi connectivity index (χ2n) is 4.64. The van der Waals surface area contributed by atoms with Crippen LogP contribution in [0.4, 0.5) is 5.69 Å². The number of halogens is 1. The van der Waals surface area contributed by atoms with E-state index in [1.54, 1.807) is 12.1 Å². The molecule has 1 aromatic rings. The van der Waals surface area contributed by atoms with Crippen molar-refractivity contribution in [3.63, 3.8) is 0 Å². The zero-order valence-corrected chi connectivity index (χ0v) is 12.5. The Labute approximate surface area is 121 Å². The molecule has 4 nitrogen and oxygen atoms in total. The number of likely N-dealkylation sites (N-methyl/N-ethyl adjacent to an activating group) is 1. The van der Waals surface area contributed by atoms with Crippen LogP contribution < -0.4 is 4.90 Å². The van der Waals surface area contributed by atoms with Gasteiger partial charge in [-0.2, -0.15) is 0 Å². The Morgan fingerprint density at radius 1 is 1.58 bits per heavy atom. The molecule has 0 aliphatic carbocycles. The maximum atomic E-state index is 11.3. The number of carbonyl (C=O) groups is 1. The van der Waals surface area contributed by atoms with Gasteiger partial charge < -0.3 is 14.7 Å². The maximum absolute atomic E-state index is 11.3. The third-order valence-corrected chi connectivity index (χ3v) is 3.85. The Hall–Kier alpha value is -1.07. The van der Waals surface area contributed by atoms with Crippen LogP contribution in [-0.4, -0.2) is 36.9 Å². The number of benzene rings is 1. The van der Waals surface area contributed by atoms with Crippen molar-refractivity contribution in [1.29, 1.82) is 0 Å². The molecule has 1 aliphatic heterocycles. The van der Waals surface area contributed by atoms with Crippen LogP contribution in [0, 0.1) is 0 Å². The van der Waals surface area contributed by atoms with Crippen molar-refractivity contribution in [1.82, 2.24) is 0 Å². The number of hydrogen-bond acceptors (Lipinski definition) is 3. The third kappa shape index (κ3) is 3.48. The van der Waals surface area contributed by atoms with Gasteiger partial charge in [-0.3, -0.25) is 0 Å². The highest BCUT2D eigenvalue weighted by Gasteiger charge is 2.21. The molecule has 5 heteroatoms. The molecule has 0 bridgehead atoms. The number of hydrogen-bond donors (Lipinski definition) is 1. The molecule has 1 aliphatic rings. The summed E-state index contributed by atoms with van der Waals surface area (Å²) in [5.41, 5.74) is 1.09. The molecule has 1 saturated heterocycles. The lowest BCUT2D eigenvalue weighted by Gasteiger charge is -2.27. The molecule has 0 spiro atoms. The van der Waals surface area contributed by atoms with Crippen LogP contribution in [0.5, 0.6) is 0 Å². The molecule has 1 fully saturated rings. The fourth-order valence-electron chi connectivity index (χ4n) is 2.38. The second kappa shape index (κ2) is 6.39. The van der Waals surface area contributed by atoms with E-state index in [4.69, 9.17) is 4.74 Å². The van der Waals surface area contributed by atoms with Gasteiger partial charge in [-0.05, 0) is 38.0 Å². The number of anilines is 1. The van der Waals surface area contributed by atoms with E-state index in [1.165, 1.54) is 0 Å². The summed E-state index contributed by atoms with van der Waals surface area (Å²) in [7, 11) is 0. The summed E-state index contributed by atoms with van der Waals surface area (Å²) < 4.78 is 6.52. The molecule has 1 aromatic carbocycles. The standard InChI is InChI=1S/C14H18BrNO3/c1-2-16(9-11-4-3-7-19-11)13-8-10(15)5-6-12(13)14(17)18/h5-6,8,11H,2-4,7,9H2,1H3,(H,17,18). The van der Waals surface area contributed by atoms with Gasteiger partial charge in [0.15, 0.2) is 0 Å². The number of carboxylic acids is 1. The molecule has 1 atom stereocenters. The van der Waals surface area contributed by atoms with Crippen LogP contribution in [0.1, 0.15) is 30.1 Å². The summed E-state index contributed by atoms with van der Waals surface area (Å²) in [5, 5.41) is 9.29. The third-order valence-electron chi connectivity index (χ3n) is 3.36. The van der Waals surface area contributed by atoms with Crippen molar-refractivity contribution in [3.05, 3.63) is 28.2 Å². The number of rotatable bonds is 5. The van der Waals surface area contributed by atoms with E-state index in [1.807, 2.05) is 13.0 Å². The summed E-state index contributed by atoms with van der Waals surface area (Å²) in [6.07, 6.45) is 2.35. The molecule has 104 valence electrons. The minimum Gasteiger partial charge on any atom is -0.478 e. The summed E-state index contributed by atoms with van der Waals surface area (Å²) >= 11 is 3.40. The van der Waals surface area contributed by atoms with Gasteiger partial charge in [0.05, 0.1) is 17.4 Å². The predicted molar refractivity (Wildman–Crippen MR) is 78.0 cm³/mol. The van der Waals surface area contributed by atoms with Gasteiger partial charge in [0.2, 0.25) is 0 Å². The fourth-order valence-corrected chi connectivity index (χ4v) is 2.73. The van der Waals surface area contributed by atoms with Gasteiger partial charge in [0, 0.05) is 24.2 Å². The van der Waals surface area contributed by atoms with Gasteiger partial charge in [-0.1, -0.05) is 15.9 Å². The van der Waals surface area contributed by atoms with E-state index in [0.29, 0.717) is 5.56 Å². The molecular weight excluding hydrogens is 310 g/mol. The highest BCUT2D eigenvalue weighted by atomic mass is 79.9. The quantitative estimate of drug-likeness (QED) is 0.902. The van der Waals surface area contributed by atoms with Crippen molar-refractivity contribution in [2.45, 2.75) is 25.9 Å². The number of nitrogens with zero attached hydrogens (tertiary/aromatic N) is 1. The van der Waals surface area contributed by atoms with E-state index < -0.39 is 5.97 Å². The van der Waals surface area contributed by atoms with E-state index in [0.717, 1.165) is 42.7 Å². The first-order valence-electron chi connectivity index (χ1n) is 6.51. The molecule has 1 heterocycles. The number of ether oxygens (including phenoxy) is 1. The first kappa shape index (κ1) is 14.3. The van der Waals surface area contributed by atoms with Crippen molar-refractivity contribution in [2.75, 3.05) is 24.6 Å². The minimum atomic E-state index is -0.895. The zero-order chi connectivity index (χ0) is 13.8. The first-order valence-corrected chi connectivity index (χ1v) is 7.30. The SMILES string of the molecule is CCN(CC1CCCO1)c1cc(Br)ccc1C(=O)O. The highest BCUT2D eigenvalue weighted by Crippen LogP contribution is 2.27. The van der Waals surface area contributed by atoms with Crippen molar-refractivity contribution >= 4 is 27.6 Å². The molecular formula is C14H18BrNO3. The van der Waals surface area contributed by atoms with Gasteiger partial charge in [0.25, 0.3) is 0 Å². The highest BCUT2D eigenvalue weighted by molar-refractivity contribution is 9.10. The zero-order valence-electron chi connectivity index (χ0n) is 10.9. The molecule has 0 amide bonds. The Morgan fingerprint density at radius 3 is 2.95 bits per heavy atom. The van der Waals surface area contributed by atoms with E-state index in [9.17, 15) is 9.90 Å². The molecule has 0 saturated carbocycles. The van der Waals surface area contributed by atoms with Gasteiger partial charge in [0.1, 0.15) is 0 Å². The van der Waals surface area contributed by atoms with Gasteiger partial charge in [-0.15, -0.1) is 0 Å². The lowest BCUT2D eigenvalue weighted by atomic mass is 10.1. The summed E-state index contributed by atoms with van der Waals surface area (Å²) in [6.45, 7) is 4.35. The first-order chi connectivity index (χ1) is 9.11. The Bertz CT molecular complexity index is 458. The van der Waals surface area contributed by atoms with Gasteiger partial charge >= 0.3 is 5.97 Å². The Morgan fingerprint density at radius 2 is 2.37 bits per heavy atom. The molecule has 1 unspecified atom stereocenters. The van der Waals surface area contributed by atoms with Crippen LogP contribution in [0.25, 0.3) is 0 Å². The Kier molecular flexibility index (Phi) is 4.82. The summed E-state index contributed by atoms with van der Waals surface area (Å²) in [6, 6.07) is 5.26. The molecule has 1 N–H and O–H groups in total. The van der Waals surface area contributed by atoms with Crippen LogP contribution in [0.2, 0.25) is 0 Å². The Balaban J connectivity index is 2.25. The normalized spacial score (nSPS) is 18.5. The average molecular weight is 328 g/mol.